The van der Waals surface area contributed by atoms with Crippen molar-refractivity contribution in [1.82, 2.24) is 9.88 Å². The number of nitrogens with one attached hydrogen (secondary N) is 1. The van der Waals surface area contributed by atoms with Crippen LogP contribution in [0.25, 0.3) is 21.9 Å². The summed E-state index contributed by atoms with van der Waals surface area (Å²) in [6.07, 6.45) is 0.872. The number of aryl methyl sites for hydroxylation is 1. The van der Waals surface area contributed by atoms with Crippen LogP contribution >= 0.6 is 0 Å². The van der Waals surface area contributed by atoms with E-state index >= 15 is 0 Å². The van der Waals surface area contributed by atoms with Gasteiger partial charge in [-0.05, 0) is 48.6 Å². The summed E-state index contributed by atoms with van der Waals surface area (Å²) in [5, 5.41) is 1.26. The van der Waals surface area contributed by atoms with Crippen molar-refractivity contribution in [3.63, 3.8) is 0 Å². The van der Waals surface area contributed by atoms with Crippen LogP contribution in [-0.2, 0) is 14.3 Å². The molecule has 0 aliphatic carbocycles. The number of fused-ring (bicyclic) bond motifs is 1. The van der Waals surface area contributed by atoms with Gasteiger partial charge in [-0.15, -0.1) is 0 Å². The Kier molecular flexibility index (Phi) is 6.20. The van der Waals surface area contributed by atoms with Crippen LogP contribution in [0.1, 0.15) is 12.5 Å². The van der Waals surface area contributed by atoms with Gasteiger partial charge in [0.25, 0.3) is 11.5 Å². The molecule has 0 unspecified atom stereocenters. The van der Waals surface area contributed by atoms with E-state index in [2.05, 4.69) is 9.72 Å². The number of esters is 1. The molecule has 2 aromatic carbocycles. The molecule has 1 heterocycles. The van der Waals surface area contributed by atoms with Crippen LogP contribution in [0.4, 0.5) is 0 Å². The average molecular weight is 408 g/mol. The number of hydrogen-bond acceptors (Lipinski definition) is 5. The van der Waals surface area contributed by atoms with Gasteiger partial charge in [-0.1, -0.05) is 24.3 Å². The van der Waals surface area contributed by atoms with Crippen LogP contribution in [0, 0.1) is 6.92 Å². The average Bonchev–Trinajstić information content (AvgIpc) is 2.74. The number of amides is 1. The highest BCUT2D eigenvalue weighted by atomic mass is 16.5. The van der Waals surface area contributed by atoms with E-state index in [1.807, 2.05) is 37.3 Å². The van der Waals surface area contributed by atoms with Gasteiger partial charge in [-0.3, -0.25) is 14.4 Å². The monoisotopic (exact) mass is 408 g/mol. The summed E-state index contributed by atoms with van der Waals surface area (Å²) in [6.45, 7) is 3.44. The number of likely N-dealkylation sites (N-methyl/N-ethyl adjacent to an activating group) is 1. The van der Waals surface area contributed by atoms with Crippen molar-refractivity contribution in [2.75, 3.05) is 20.7 Å². The SMILES string of the molecule is COC(=O)CN(C)C(=O)[C@@H](C)Oc1ccc2c(-c3ccccc3C)c[nH]c(=O)c2c1. The van der Waals surface area contributed by atoms with E-state index in [1.54, 1.807) is 25.3 Å². The number of methoxy groups -OCH3 is 1. The van der Waals surface area contributed by atoms with Crippen LogP contribution in [0.3, 0.4) is 0 Å². The number of aromatic nitrogens is 1. The van der Waals surface area contributed by atoms with Crippen molar-refractivity contribution in [3.05, 3.63) is 64.6 Å². The van der Waals surface area contributed by atoms with Gasteiger partial charge < -0.3 is 19.4 Å². The standard InChI is InChI=1S/C23H24N2O5/c1-14-7-5-6-8-17(14)20-12-24-22(27)19-11-16(9-10-18(19)20)30-15(2)23(28)25(3)13-21(26)29-4/h5-12,15H,13H2,1-4H3,(H,24,27)/t15-/m1/s1. The molecule has 0 aliphatic rings. The lowest BCUT2D eigenvalue weighted by molar-refractivity contribution is -0.148. The van der Waals surface area contributed by atoms with Gasteiger partial charge in [0.05, 0.1) is 12.5 Å². The molecule has 3 rings (SSSR count). The Morgan fingerprint density at radius 3 is 2.53 bits per heavy atom. The zero-order chi connectivity index (χ0) is 21.8. The summed E-state index contributed by atoms with van der Waals surface area (Å²) < 4.78 is 10.3. The molecule has 0 spiro atoms. The Morgan fingerprint density at radius 2 is 1.83 bits per heavy atom. The number of hydrogen-bond donors (Lipinski definition) is 1. The maximum atomic E-state index is 12.4. The zero-order valence-corrected chi connectivity index (χ0v) is 17.4. The third kappa shape index (κ3) is 4.35. The Labute approximate surface area is 174 Å². The first-order chi connectivity index (χ1) is 14.3. The van der Waals surface area contributed by atoms with Crippen LogP contribution in [0.2, 0.25) is 0 Å². The van der Waals surface area contributed by atoms with Gasteiger partial charge >= 0.3 is 5.97 Å². The number of rotatable bonds is 6. The second-order valence-corrected chi connectivity index (χ2v) is 7.08. The summed E-state index contributed by atoms with van der Waals surface area (Å²) >= 11 is 0. The second kappa shape index (κ2) is 8.82. The van der Waals surface area contributed by atoms with Crippen molar-refractivity contribution in [2.45, 2.75) is 20.0 Å². The number of benzene rings is 2. The van der Waals surface area contributed by atoms with Crippen molar-refractivity contribution in [2.24, 2.45) is 0 Å². The van der Waals surface area contributed by atoms with Crippen LogP contribution in [-0.4, -0.2) is 48.6 Å². The van der Waals surface area contributed by atoms with Crippen LogP contribution in [0.15, 0.2) is 53.5 Å². The molecule has 0 radical (unpaired) electrons. The first-order valence-electron chi connectivity index (χ1n) is 9.51. The van der Waals surface area contributed by atoms with Gasteiger partial charge in [-0.2, -0.15) is 0 Å². The largest absolute Gasteiger partial charge is 0.481 e. The lowest BCUT2D eigenvalue weighted by Gasteiger charge is -2.21. The minimum atomic E-state index is -0.837. The van der Waals surface area contributed by atoms with Gasteiger partial charge in [0.2, 0.25) is 0 Å². The van der Waals surface area contributed by atoms with Gasteiger partial charge in [0.1, 0.15) is 12.3 Å². The number of ether oxygens (including phenoxy) is 2. The zero-order valence-electron chi connectivity index (χ0n) is 17.4. The highest BCUT2D eigenvalue weighted by molar-refractivity contribution is 5.97. The van der Waals surface area contributed by atoms with Gasteiger partial charge in [-0.25, -0.2) is 0 Å². The predicted molar refractivity (Wildman–Crippen MR) is 114 cm³/mol. The fraction of sp³-hybridized carbons (Fsp3) is 0.261. The Bertz CT molecular complexity index is 1150. The molecule has 0 saturated heterocycles. The quantitative estimate of drug-likeness (QED) is 0.634. The first-order valence-corrected chi connectivity index (χ1v) is 9.51. The van der Waals surface area contributed by atoms with E-state index < -0.39 is 12.1 Å². The van der Waals surface area contributed by atoms with E-state index in [-0.39, 0.29) is 18.0 Å². The Balaban J connectivity index is 1.90. The van der Waals surface area contributed by atoms with Crippen molar-refractivity contribution < 1.29 is 19.1 Å². The third-order valence-electron chi connectivity index (χ3n) is 4.94. The summed E-state index contributed by atoms with van der Waals surface area (Å²) in [7, 11) is 2.76. The fourth-order valence-electron chi connectivity index (χ4n) is 3.31. The van der Waals surface area contributed by atoms with Crippen LogP contribution < -0.4 is 10.3 Å². The molecule has 0 bridgehead atoms. The molecule has 1 amide bonds. The highest BCUT2D eigenvalue weighted by Gasteiger charge is 2.21. The smallest absolute Gasteiger partial charge is 0.325 e. The molecule has 3 aromatic rings. The number of carbonyl (C=O) groups is 2. The molecule has 7 heteroatoms. The lowest BCUT2D eigenvalue weighted by atomic mass is 9.97. The molecular weight excluding hydrogens is 384 g/mol. The van der Waals surface area contributed by atoms with Gasteiger partial charge in [0, 0.05) is 18.8 Å². The molecule has 7 nitrogen and oxygen atoms in total. The van der Waals surface area contributed by atoms with E-state index in [4.69, 9.17) is 4.74 Å². The molecule has 0 aliphatic heterocycles. The normalized spacial score (nSPS) is 11.7. The number of aromatic amines is 1. The Hall–Kier alpha value is -3.61. The summed E-state index contributed by atoms with van der Waals surface area (Å²) in [5.41, 5.74) is 2.80. The second-order valence-electron chi connectivity index (χ2n) is 7.08. The van der Waals surface area contributed by atoms with E-state index in [9.17, 15) is 14.4 Å². The number of carbonyl (C=O) groups excluding carboxylic acids is 2. The Morgan fingerprint density at radius 1 is 1.10 bits per heavy atom. The molecule has 156 valence electrons. The summed E-state index contributed by atoms with van der Waals surface area (Å²) in [6, 6.07) is 13.1. The van der Waals surface area contributed by atoms with E-state index in [0.717, 1.165) is 22.1 Å². The van der Waals surface area contributed by atoms with Gasteiger partial charge in [0.15, 0.2) is 6.10 Å². The molecule has 1 N–H and O–H groups in total. The maximum absolute atomic E-state index is 12.4. The van der Waals surface area contributed by atoms with E-state index in [0.29, 0.717) is 11.1 Å². The number of pyridine rings is 1. The lowest BCUT2D eigenvalue weighted by Crippen LogP contribution is -2.40. The minimum absolute atomic E-state index is 0.166. The molecule has 30 heavy (non-hydrogen) atoms. The van der Waals surface area contributed by atoms with Crippen molar-refractivity contribution in [1.29, 1.82) is 0 Å². The van der Waals surface area contributed by atoms with Crippen LogP contribution in [0.5, 0.6) is 5.75 Å². The van der Waals surface area contributed by atoms with E-state index in [1.165, 1.54) is 19.1 Å². The fourth-order valence-corrected chi connectivity index (χ4v) is 3.31. The highest BCUT2D eigenvalue weighted by Crippen LogP contribution is 2.30. The molecule has 1 atom stereocenters. The number of nitrogens with zero attached hydrogens (tertiary/aromatic N) is 1. The number of H-pyrrole nitrogens is 1. The summed E-state index contributed by atoms with van der Waals surface area (Å²) in [4.78, 5) is 40.3. The van der Waals surface area contributed by atoms with Crippen molar-refractivity contribution in [3.8, 4) is 16.9 Å². The molecule has 0 fully saturated rings. The predicted octanol–water partition coefficient (Wildman–Crippen LogP) is 2.90. The molecule has 0 saturated carbocycles. The maximum Gasteiger partial charge on any atom is 0.325 e. The third-order valence-corrected chi connectivity index (χ3v) is 4.94. The first kappa shape index (κ1) is 21.1. The minimum Gasteiger partial charge on any atom is -0.481 e. The molecular formula is C23H24N2O5. The van der Waals surface area contributed by atoms with Crippen molar-refractivity contribution >= 4 is 22.6 Å². The molecule has 1 aromatic heterocycles. The topological polar surface area (TPSA) is 88.7 Å². The summed E-state index contributed by atoms with van der Waals surface area (Å²) in [5.74, 6) is -0.496.